The van der Waals surface area contributed by atoms with Crippen LogP contribution < -0.4 is 0 Å². The lowest BCUT2D eigenvalue weighted by atomic mass is 9.46. The second kappa shape index (κ2) is 2.31. The first-order chi connectivity index (χ1) is 7.13. The normalized spacial score (nSPS) is 73.6. The van der Waals surface area contributed by atoms with Gasteiger partial charge in [-0.05, 0) is 65.6 Å². The molecule has 9 unspecified atom stereocenters. The molecule has 0 aromatic heterocycles. The monoisotopic (exact) mass is 204 g/mol. The van der Waals surface area contributed by atoms with Crippen molar-refractivity contribution in [1.29, 1.82) is 0 Å². The van der Waals surface area contributed by atoms with E-state index in [9.17, 15) is 0 Å². The Morgan fingerprint density at radius 2 is 1.73 bits per heavy atom. The molecule has 0 heteroatoms. The zero-order valence-corrected chi connectivity index (χ0v) is 10.5. The first-order valence-electron chi connectivity index (χ1n) is 7.13. The Bertz CT molecular complexity index is 318. The molecule has 4 saturated carbocycles. The first kappa shape index (κ1) is 9.07. The molecule has 0 radical (unpaired) electrons. The molecule has 4 rings (SSSR count). The van der Waals surface area contributed by atoms with Crippen LogP contribution in [0.5, 0.6) is 0 Å². The molecule has 0 aliphatic heterocycles. The molecule has 0 aromatic carbocycles. The van der Waals surface area contributed by atoms with Gasteiger partial charge in [-0.2, -0.15) is 0 Å². The molecular weight excluding hydrogens is 180 g/mol. The molecule has 0 bridgehead atoms. The van der Waals surface area contributed by atoms with E-state index >= 15 is 0 Å². The predicted molar refractivity (Wildman–Crippen MR) is 62.3 cm³/mol. The molecule has 0 amide bonds. The van der Waals surface area contributed by atoms with Gasteiger partial charge in [0, 0.05) is 0 Å². The first-order valence-corrected chi connectivity index (χ1v) is 7.13. The second-order valence-corrected chi connectivity index (χ2v) is 7.22. The Morgan fingerprint density at radius 3 is 2.40 bits per heavy atom. The SMILES string of the molecule is CCC12CC3C(C)C4C(C)C(C1C)C2C34. The third-order valence-corrected chi connectivity index (χ3v) is 7.69. The summed E-state index contributed by atoms with van der Waals surface area (Å²) >= 11 is 0. The van der Waals surface area contributed by atoms with E-state index < -0.39 is 0 Å². The Morgan fingerprint density at radius 1 is 1.00 bits per heavy atom. The van der Waals surface area contributed by atoms with Gasteiger partial charge in [0.05, 0.1) is 0 Å². The summed E-state index contributed by atoms with van der Waals surface area (Å²) in [6.07, 6.45) is 3.06. The Balaban J connectivity index is 1.81. The lowest BCUT2D eigenvalue weighted by Gasteiger charge is -2.58. The van der Waals surface area contributed by atoms with Crippen LogP contribution in [-0.4, -0.2) is 0 Å². The van der Waals surface area contributed by atoms with Crippen LogP contribution in [0.25, 0.3) is 0 Å². The minimum absolute atomic E-state index is 0.813. The molecule has 0 spiro atoms. The van der Waals surface area contributed by atoms with E-state index in [1.165, 1.54) is 18.3 Å². The van der Waals surface area contributed by atoms with E-state index in [0.29, 0.717) is 0 Å². The van der Waals surface area contributed by atoms with E-state index in [4.69, 9.17) is 0 Å². The average Bonchev–Trinajstić information content (AvgIpc) is 2.59. The molecule has 84 valence electrons. The lowest BCUT2D eigenvalue weighted by Crippen LogP contribution is -2.53. The maximum absolute atomic E-state index is 2.57. The molecule has 4 aliphatic rings. The fraction of sp³-hybridized carbons (Fsp3) is 1.00. The second-order valence-electron chi connectivity index (χ2n) is 7.22. The van der Waals surface area contributed by atoms with Gasteiger partial charge in [0.1, 0.15) is 0 Å². The van der Waals surface area contributed by atoms with E-state index in [1.807, 2.05) is 0 Å². The summed E-state index contributed by atoms with van der Waals surface area (Å²) in [6, 6.07) is 0. The van der Waals surface area contributed by atoms with E-state index in [2.05, 4.69) is 27.7 Å². The molecule has 4 fully saturated rings. The minimum atomic E-state index is 0.813. The summed E-state index contributed by atoms with van der Waals surface area (Å²) in [6.45, 7) is 10.1. The van der Waals surface area contributed by atoms with Gasteiger partial charge in [0.15, 0.2) is 0 Å². The maximum Gasteiger partial charge on any atom is -0.0235 e. The molecule has 0 saturated heterocycles. The number of hydrogen-bond acceptors (Lipinski definition) is 0. The van der Waals surface area contributed by atoms with Crippen LogP contribution in [0.3, 0.4) is 0 Å². The molecular formula is C15H24. The van der Waals surface area contributed by atoms with Gasteiger partial charge < -0.3 is 0 Å². The highest BCUT2D eigenvalue weighted by molar-refractivity contribution is 5.26. The van der Waals surface area contributed by atoms with Crippen LogP contribution in [0.15, 0.2) is 0 Å². The van der Waals surface area contributed by atoms with Gasteiger partial charge in [0.25, 0.3) is 0 Å². The maximum atomic E-state index is 2.57. The number of rotatable bonds is 1. The Labute approximate surface area is 93.8 Å². The van der Waals surface area contributed by atoms with Crippen molar-refractivity contribution in [3.05, 3.63) is 0 Å². The molecule has 0 aromatic rings. The smallest absolute Gasteiger partial charge is 0.0235 e. The quantitative estimate of drug-likeness (QED) is 0.609. The van der Waals surface area contributed by atoms with Crippen LogP contribution >= 0.6 is 0 Å². The van der Waals surface area contributed by atoms with Crippen molar-refractivity contribution in [3.63, 3.8) is 0 Å². The van der Waals surface area contributed by atoms with Crippen LogP contribution in [-0.2, 0) is 0 Å². The molecule has 4 aliphatic carbocycles. The summed E-state index contributed by atoms with van der Waals surface area (Å²) in [5.74, 6) is 8.90. The number of hydrogen-bond donors (Lipinski definition) is 0. The van der Waals surface area contributed by atoms with Gasteiger partial charge in [-0.3, -0.25) is 0 Å². The summed E-state index contributed by atoms with van der Waals surface area (Å²) < 4.78 is 0. The van der Waals surface area contributed by atoms with Gasteiger partial charge in [-0.15, -0.1) is 0 Å². The highest BCUT2D eigenvalue weighted by Crippen LogP contribution is 2.83. The van der Waals surface area contributed by atoms with Crippen molar-refractivity contribution >= 4 is 0 Å². The molecule has 0 N–H and O–H groups in total. The summed E-state index contributed by atoms with van der Waals surface area (Å²) in [7, 11) is 0. The molecule has 0 nitrogen and oxygen atoms in total. The van der Waals surface area contributed by atoms with Crippen molar-refractivity contribution in [2.24, 2.45) is 52.8 Å². The van der Waals surface area contributed by atoms with Crippen molar-refractivity contribution in [2.45, 2.75) is 40.5 Å². The molecule has 9 atom stereocenters. The van der Waals surface area contributed by atoms with Crippen molar-refractivity contribution in [1.82, 2.24) is 0 Å². The predicted octanol–water partition coefficient (Wildman–Crippen LogP) is 3.82. The summed E-state index contributed by atoms with van der Waals surface area (Å²) in [4.78, 5) is 0. The highest BCUT2D eigenvalue weighted by Gasteiger charge is 2.78. The van der Waals surface area contributed by atoms with E-state index in [1.54, 1.807) is 6.42 Å². The van der Waals surface area contributed by atoms with Crippen molar-refractivity contribution in [2.75, 3.05) is 0 Å². The van der Waals surface area contributed by atoms with Gasteiger partial charge in [-0.25, -0.2) is 0 Å². The van der Waals surface area contributed by atoms with Gasteiger partial charge in [-0.1, -0.05) is 27.7 Å². The zero-order chi connectivity index (χ0) is 10.5. The summed E-state index contributed by atoms with van der Waals surface area (Å²) in [5, 5.41) is 0. The Kier molecular flexibility index (Phi) is 1.40. The van der Waals surface area contributed by atoms with Crippen molar-refractivity contribution in [3.8, 4) is 0 Å². The van der Waals surface area contributed by atoms with Crippen LogP contribution in [0, 0.1) is 52.8 Å². The molecule has 0 heterocycles. The lowest BCUT2D eigenvalue weighted by molar-refractivity contribution is -0.104. The van der Waals surface area contributed by atoms with Crippen molar-refractivity contribution < 1.29 is 0 Å². The fourth-order valence-electron chi connectivity index (χ4n) is 7.19. The third kappa shape index (κ3) is 0.643. The zero-order valence-electron chi connectivity index (χ0n) is 10.5. The van der Waals surface area contributed by atoms with Crippen LogP contribution in [0.2, 0.25) is 0 Å². The average molecular weight is 204 g/mol. The fourth-order valence-corrected chi connectivity index (χ4v) is 7.19. The highest BCUT2D eigenvalue weighted by atomic mass is 14.8. The standard InChI is InChI=1S/C15H24/c1-5-15-6-10-7(2)11-8(3)12(9(15)4)14(15)13(10)11/h7-14H,5-6H2,1-4H3. The largest absolute Gasteiger partial charge is 0.0648 e. The van der Waals surface area contributed by atoms with E-state index in [-0.39, 0.29) is 0 Å². The molecule has 15 heavy (non-hydrogen) atoms. The third-order valence-electron chi connectivity index (χ3n) is 7.69. The Hall–Kier alpha value is 0. The van der Waals surface area contributed by atoms with Crippen LogP contribution in [0.4, 0.5) is 0 Å². The van der Waals surface area contributed by atoms with Gasteiger partial charge >= 0.3 is 0 Å². The topological polar surface area (TPSA) is 0 Å². The van der Waals surface area contributed by atoms with Crippen LogP contribution in [0.1, 0.15) is 40.5 Å². The summed E-state index contributed by atoms with van der Waals surface area (Å²) in [5.41, 5.74) is 0.813. The van der Waals surface area contributed by atoms with Gasteiger partial charge in [0.2, 0.25) is 0 Å². The minimum Gasteiger partial charge on any atom is -0.0648 e. The van der Waals surface area contributed by atoms with E-state index in [0.717, 1.165) is 40.9 Å².